The molecule has 1 fully saturated rings. The van der Waals surface area contributed by atoms with Gasteiger partial charge in [-0.15, -0.1) is 0 Å². The second kappa shape index (κ2) is 3.46. The van der Waals surface area contributed by atoms with Crippen molar-refractivity contribution < 1.29 is 9.59 Å². The average Bonchev–Trinajstić information content (AvgIpc) is 2.48. The summed E-state index contributed by atoms with van der Waals surface area (Å²) in [5.41, 5.74) is 4.80. The maximum absolute atomic E-state index is 11.7. The summed E-state index contributed by atoms with van der Waals surface area (Å²) >= 11 is 0. The summed E-state index contributed by atoms with van der Waals surface area (Å²) in [6, 6.07) is -0.254. The molecule has 2 N–H and O–H groups in total. The summed E-state index contributed by atoms with van der Waals surface area (Å²) in [5, 5.41) is 0. The number of aldehydes is 1. The molecule has 1 rings (SSSR count). The van der Waals surface area contributed by atoms with E-state index >= 15 is 0 Å². The van der Waals surface area contributed by atoms with Crippen molar-refractivity contribution in [1.82, 2.24) is 4.90 Å². The van der Waals surface area contributed by atoms with Crippen LogP contribution in [-0.4, -0.2) is 35.2 Å². The molecular weight excluding hydrogens is 168 g/mol. The third-order valence-corrected chi connectivity index (χ3v) is 2.27. The molecule has 0 saturated carbocycles. The molecule has 74 valence electrons. The highest BCUT2D eigenvalue weighted by Crippen LogP contribution is 2.18. The molecule has 4 heteroatoms. The van der Waals surface area contributed by atoms with E-state index in [1.807, 2.05) is 0 Å². The molecule has 0 spiro atoms. The smallest absolute Gasteiger partial charge is 0.242 e. The van der Waals surface area contributed by atoms with Crippen LogP contribution in [0.4, 0.5) is 0 Å². The summed E-state index contributed by atoms with van der Waals surface area (Å²) < 4.78 is 0. The number of carbonyl (C=O) groups excluding carboxylic acids is 2. The van der Waals surface area contributed by atoms with E-state index in [1.165, 1.54) is 0 Å². The van der Waals surface area contributed by atoms with E-state index in [-0.39, 0.29) is 11.9 Å². The number of hydrogen-bond donors (Lipinski definition) is 1. The van der Waals surface area contributed by atoms with E-state index in [0.717, 1.165) is 19.1 Å². The van der Waals surface area contributed by atoms with Gasteiger partial charge in [0.2, 0.25) is 5.91 Å². The van der Waals surface area contributed by atoms with E-state index in [4.69, 9.17) is 5.73 Å². The molecule has 0 bridgehead atoms. The lowest BCUT2D eigenvalue weighted by Gasteiger charge is -2.28. The van der Waals surface area contributed by atoms with Crippen molar-refractivity contribution in [3.05, 3.63) is 0 Å². The van der Waals surface area contributed by atoms with E-state index < -0.39 is 5.54 Å². The van der Waals surface area contributed by atoms with Gasteiger partial charge in [-0.3, -0.25) is 4.79 Å². The van der Waals surface area contributed by atoms with Crippen molar-refractivity contribution in [2.75, 3.05) is 6.54 Å². The Bertz CT molecular complexity index is 220. The van der Waals surface area contributed by atoms with Gasteiger partial charge in [-0.1, -0.05) is 0 Å². The predicted octanol–water partition coefficient (Wildman–Crippen LogP) is -0.0864. The maximum atomic E-state index is 11.7. The van der Waals surface area contributed by atoms with Gasteiger partial charge < -0.3 is 15.4 Å². The molecule has 1 atom stereocenters. The van der Waals surface area contributed by atoms with Crippen LogP contribution in [0.15, 0.2) is 0 Å². The van der Waals surface area contributed by atoms with Crippen LogP contribution in [0.2, 0.25) is 0 Å². The van der Waals surface area contributed by atoms with Gasteiger partial charge in [-0.2, -0.15) is 0 Å². The Morgan fingerprint density at radius 2 is 2.23 bits per heavy atom. The van der Waals surface area contributed by atoms with Crippen molar-refractivity contribution in [3.63, 3.8) is 0 Å². The minimum Gasteiger partial charge on any atom is -0.331 e. The number of nitrogens with two attached hydrogens (primary N) is 1. The average molecular weight is 184 g/mol. The van der Waals surface area contributed by atoms with Gasteiger partial charge in [0.05, 0.1) is 11.6 Å². The number of hydrogen-bond acceptors (Lipinski definition) is 3. The topological polar surface area (TPSA) is 63.4 Å². The van der Waals surface area contributed by atoms with Crippen LogP contribution >= 0.6 is 0 Å². The van der Waals surface area contributed by atoms with E-state index in [9.17, 15) is 9.59 Å². The molecular formula is C9H16N2O2. The predicted molar refractivity (Wildman–Crippen MR) is 49.1 cm³/mol. The molecule has 1 unspecified atom stereocenters. The summed E-state index contributed by atoms with van der Waals surface area (Å²) in [6.45, 7) is 3.98. The van der Waals surface area contributed by atoms with Gasteiger partial charge in [-0.05, 0) is 26.7 Å². The van der Waals surface area contributed by atoms with E-state index in [2.05, 4.69) is 0 Å². The first-order chi connectivity index (χ1) is 5.96. The Morgan fingerprint density at radius 1 is 1.62 bits per heavy atom. The number of nitrogens with zero attached hydrogens (tertiary/aromatic N) is 1. The second-order valence-electron chi connectivity index (χ2n) is 4.07. The molecule has 0 aliphatic carbocycles. The van der Waals surface area contributed by atoms with Gasteiger partial charge in [0, 0.05) is 6.54 Å². The van der Waals surface area contributed by atoms with Crippen molar-refractivity contribution >= 4 is 12.2 Å². The zero-order valence-electron chi connectivity index (χ0n) is 8.12. The Morgan fingerprint density at radius 3 is 2.69 bits per heavy atom. The third-order valence-electron chi connectivity index (χ3n) is 2.27. The highest BCUT2D eigenvalue weighted by molar-refractivity contribution is 5.87. The van der Waals surface area contributed by atoms with Crippen LogP contribution in [0.1, 0.15) is 26.7 Å². The van der Waals surface area contributed by atoms with Crippen LogP contribution < -0.4 is 5.73 Å². The Kier molecular flexibility index (Phi) is 2.71. The van der Waals surface area contributed by atoms with Crippen molar-refractivity contribution in [2.24, 2.45) is 5.73 Å². The monoisotopic (exact) mass is 184 g/mol. The molecule has 0 aromatic rings. The van der Waals surface area contributed by atoms with Crippen LogP contribution in [-0.2, 0) is 9.59 Å². The number of rotatable bonds is 2. The molecule has 1 amide bonds. The van der Waals surface area contributed by atoms with Gasteiger partial charge >= 0.3 is 0 Å². The molecule has 1 aliphatic rings. The molecule has 1 aliphatic heterocycles. The first kappa shape index (κ1) is 10.2. The van der Waals surface area contributed by atoms with Crippen LogP contribution in [0.5, 0.6) is 0 Å². The standard InChI is InChI=1S/C9H16N2O2/c1-9(2,10)8(13)11-5-3-4-7(11)6-12/h6-7H,3-5,10H2,1-2H3. The Hall–Kier alpha value is -0.900. The quantitative estimate of drug-likeness (QED) is 0.610. The molecule has 0 aromatic heterocycles. The van der Waals surface area contributed by atoms with Gasteiger partial charge in [0.15, 0.2) is 0 Å². The van der Waals surface area contributed by atoms with Crippen molar-refractivity contribution in [2.45, 2.75) is 38.3 Å². The zero-order valence-corrected chi connectivity index (χ0v) is 8.12. The zero-order chi connectivity index (χ0) is 10.1. The number of likely N-dealkylation sites (tertiary alicyclic amines) is 1. The minimum absolute atomic E-state index is 0.137. The fourth-order valence-electron chi connectivity index (χ4n) is 1.56. The largest absolute Gasteiger partial charge is 0.331 e. The lowest BCUT2D eigenvalue weighted by atomic mass is 10.1. The third kappa shape index (κ3) is 2.06. The fraction of sp³-hybridized carbons (Fsp3) is 0.778. The van der Waals surface area contributed by atoms with Crippen LogP contribution in [0.3, 0.4) is 0 Å². The maximum Gasteiger partial charge on any atom is 0.242 e. The summed E-state index contributed by atoms with van der Waals surface area (Å²) in [4.78, 5) is 23.9. The summed E-state index contributed by atoms with van der Waals surface area (Å²) in [5.74, 6) is -0.137. The molecule has 4 nitrogen and oxygen atoms in total. The number of carbonyl (C=O) groups is 2. The van der Waals surface area contributed by atoms with E-state index in [1.54, 1.807) is 18.7 Å². The van der Waals surface area contributed by atoms with Gasteiger partial charge in [0.25, 0.3) is 0 Å². The van der Waals surface area contributed by atoms with Crippen molar-refractivity contribution in [1.29, 1.82) is 0 Å². The van der Waals surface area contributed by atoms with Crippen LogP contribution in [0.25, 0.3) is 0 Å². The first-order valence-corrected chi connectivity index (χ1v) is 4.52. The van der Waals surface area contributed by atoms with Gasteiger partial charge in [0.1, 0.15) is 6.29 Å². The minimum atomic E-state index is -0.869. The molecule has 13 heavy (non-hydrogen) atoms. The lowest BCUT2D eigenvalue weighted by molar-refractivity contribution is -0.138. The summed E-state index contributed by atoms with van der Waals surface area (Å²) in [7, 11) is 0. The fourth-order valence-corrected chi connectivity index (χ4v) is 1.56. The molecule has 0 aromatic carbocycles. The highest BCUT2D eigenvalue weighted by atomic mass is 16.2. The van der Waals surface area contributed by atoms with Gasteiger partial charge in [-0.25, -0.2) is 0 Å². The molecule has 1 heterocycles. The highest BCUT2D eigenvalue weighted by Gasteiger charge is 2.34. The molecule has 1 saturated heterocycles. The normalized spacial score (nSPS) is 23.3. The van der Waals surface area contributed by atoms with E-state index in [0.29, 0.717) is 6.54 Å². The van der Waals surface area contributed by atoms with Crippen molar-refractivity contribution in [3.8, 4) is 0 Å². The second-order valence-corrected chi connectivity index (χ2v) is 4.07. The number of amides is 1. The summed E-state index contributed by atoms with van der Waals surface area (Å²) in [6.07, 6.45) is 2.49. The molecule has 0 radical (unpaired) electrons. The Balaban J connectivity index is 2.71. The van der Waals surface area contributed by atoms with Crippen LogP contribution in [0, 0.1) is 0 Å². The SMILES string of the molecule is CC(C)(N)C(=O)N1CCCC1C=O. The first-order valence-electron chi connectivity index (χ1n) is 4.52. The Labute approximate surface area is 78.1 Å². The lowest BCUT2D eigenvalue weighted by Crippen LogP contribution is -2.52.